The van der Waals surface area contributed by atoms with Crippen molar-refractivity contribution in [2.45, 2.75) is 0 Å². The van der Waals surface area contributed by atoms with Crippen LogP contribution in [0.5, 0.6) is 0 Å². The first kappa shape index (κ1) is 4.85. The second-order valence-electron chi connectivity index (χ2n) is 1.22. The van der Waals surface area contributed by atoms with Gasteiger partial charge in [-0.2, -0.15) is 30.3 Å². The van der Waals surface area contributed by atoms with Gasteiger partial charge in [-0.25, -0.2) is 0 Å². The molecule has 0 amide bonds. The molecule has 0 fully saturated rings. The fourth-order valence-electron chi connectivity index (χ4n) is 0.367. The van der Waals surface area contributed by atoms with Crippen LogP contribution in [0.4, 0.5) is 0 Å². The minimum absolute atomic E-state index is 1.10. The fourth-order valence-corrected chi connectivity index (χ4v) is 0.631. The Morgan fingerprint density at radius 3 is 2.14 bits per heavy atom. The number of hydrogen-bond acceptors (Lipinski definition) is 0. The maximum Gasteiger partial charge on any atom is -0.0799 e. The summed E-state index contributed by atoms with van der Waals surface area (Å²) in [6.45, 7) is 0. The Hall–Kier alpha value is -0.300. The normalized spacial score (nSPS) is 8.71. The van der Waals surface area contributed by atoms with E-state index in [0.717, 1.165) is 4.47 Å². The van der Waals surface area contributed by atoms with E-state index in [1.807, 2.05) is 24.3 Å². The van der Waals surface area contributed by atoms with Crippen LogP contribution in [0, 0.1) is 6.07 Å². The molecule has 0 aliphatic rings. The first-order valence-electron chi connectivity index (χ1n) is 2.01. The monoisotopic (exact) mass is 155 g/mol. The van der Waals surface area contributed by atoms with Crippen LogP contribution in [0.15, 0.2) is 28.7 Å². The molecular weight excluding hydrogens is 152 g/mol. The van der Waals surface area contributed by atoms with Crippen molar-refractivity contribution in [3.05, 3.63) is 34.8 Å². The summed E-state index contributed by atoms with van der Waals surface area (Å²) >= 11 is 3.29. The number of hydrogen-bond donors (Lipinski definition) is 0. The van der Waals surface area contributed by atoms with E-state index in [1.165, 1.54) is 0 Å². The Morgan fingerprint density at radius 1 is 1.29 bits per heavy atom. The van der Waals surface area contributed by atoms with E-state index >= 15 is 0 Å². The highest BCUT2D eigenvalue weighted by Crippen LogP contribution is 2.04. The molecule has 0 atom stereocenters. The molecule has 1 aromatic carbocycles. The topological polar surface area (TPSA) is 0 Å². The second-order valence-corrected chi connectivity index (χ2v) is 2.13. The van der Waals surface area contributed by atoms with E-state index in [1.54, 1.807) is 0 Å². The Bertz CT molecular complexity index is 134. The van der Waals surface area contributed by atoms with E-state index in [0.29, 0.717) is 0 Å². The smallest absolute Gasteiger partial charge is 0.0799 e. The molecule has 1 heteroatoms. The zero-order chi connectivity index (χ0) is 5.11. The van der Waals surface area contributed by atoms with E-state index in [-0.39, 0.29) is 0 Å². The minimum atomic E-state index is 1.10. The molecule has 7 heavy (non-hydrogen) atoms. The summed E-state index contributed by atoms with van der Waals surface area (Å²) in [6.07, 6.45) is 0. The quantitative estimate of drug-likeness (QED) is 0.505. The second kappa shape index (κ2) is 2.12. The maximum absolute atomic E-state index is 3.29. The van der Waals surface area contributed by atoms with Crippen LogP contribution in [0.3, 0.4) is 0 Å². The summed E-state index contributed by atoms with van der Waals surface area (Å²) in [5.74, 6) is 0. The van der Waals surface area contributed by atoms with Gasteiger partial charge in [0, 0.05) is 0 Å². The maximum atomic E-state index is 3.29. The molecule has 0 saturated heterocycles. The molecule has 0 bridgehead atoms. The van der Waals surface area contributed by atoms with E-state index in [4.69, 9.17) is 0 Å². The zero-order valence-corrected chi connectivity index (χ0v) is 5.27. The molecular formula is C6H4Br-. The summed E-state index contributed by atoms with van der Waals surface area (Å²) < 4.78 is 1.10. The minimum Gasteiger partial charge on any atom is -0.184 e. The molecule has 36 valence electrons. The van der Waals surface area contributed by atoms with Crippen LogP contribution < -0.4 is 0 Å². The summed E-state index contributed by atoms with van der Waals surface area (Å²) in [5, 5.41) is 0. The van der Waals surface area contributed by atoms with Crippen LogP contribution in [0.25, 0.3) is 0 Å². The summed E-state index contributed by atoms with van der Waals surface area (Å²) in [5.41, 5.74) is 0. The number of benzene rings is 1. The third-order valence-corrected chi connectivity index (χ3v) is 1.21. The van der Waals surface area contributed by atoms with Gasteiger partial charge in [0.05, 0.1) is 0 Å². The average molecular weight is 156 g/mol. The third-order valence-electron chi connectivity index (χ3n) is 0.678. The van der Waals surface area contributed by atoms with Crippen LogP contribution in [-0.2, 0) is 0 Å². The fraction of sp³-hybridized carbons (Fsp3) is 0. The highest BCUT2D eigenvalue weighted by molar-refractivity contribution is 9.10. The first-order chi connectivity index (χ1) is 3.39. The number of rotatable bonds is 0. The standard InChI is InChI=1S/C6H4Br/c7-6-4-2-1-3-5-6/h2-5H/q-1. The Labute approximate surface area is 51.3 Å². The van der Waals surface area contributed by atoms with Crippen molar-refractivity contribution >= 4 is 15.9 Å². The lowest BCUT2D eigenvalue weighted by Crippen LogP contribution is -1.56. The molecule has 0 heterocycles. The molecule has 1 rings (SSSR count). The number of halogens is 1. The van der Waals surface area contributed by atoms with Gasteiger partial charge in [0.25, 0.3) is 0 Å². The van der Waals surface area contributed by atoms with Gasteiger partial charge in [-0.3, -0.25) is 0 Å². The van der Waals surface area contributed by atoms with Crippen molar-refractivity contribution in [3.63, 3.8) is 0 Å². The SMILES string of the molecule is Brc1cc[c-]cc1. The summed E-state index contributed by atoms with van der Waals surface area (Å²) in [6, 6.07) is 10.5. The highest BCUT2D eigenvalue weighted by Gasteiger charge is 1.64. The Morgan fingerprint density at radius 2 is 1.86 bits per heavy atom. The van der Waals surface area contributed by atoms with Gasteiger partial charge in [0.2, 0.25) is 0 Å². The molecule has 0 aliphatic heterocycles. The van der Waals surface area contributed by atoms with Crippen molar-refractivity contribution in [2.75, 3.05) is 0 Å². The summed E-state index contributed by atoms with van der Waals surface area (Å²) in [4.78, 5) is 0. The first-order valence-corrected chi connectivity index (χ1v) is 2.80. The lowest BCUT2D eigenvalue weighted by Gasteiger charge is -1.90. The van der Waals surface area contributed by atoms with Gasteiger partial charge in [0.1, 0.15) is 0 Å². The molecule has 0 nitrogen and oxygen atoms in total. The molecule has 0 unspecified atom stereocenters. The van der Waals surface area contributed by atoms with Crippen molar-refractivity contribution in [2.24, 2.45) is 0 Å². The average Bonchev–Trinajstić information content (AvgIpc) is 1.69. The van der Waals surface area contributed by atoms with Crippen LogP contribution in [0.2, 0.25) is 0 Å². The molecule has 0 N–H and O–H groups in total. The van der Waals surface area contributed by atoms with E-state index in [2.05, 4.69) is 22.0 Å². The molecule has 0 spiro atoms. The van der Waals surface area contributed by atoms with Crippen molar-refractivity contribution in [3.8, 4) is 0 Å². The lowest BCUT2D eigenvalue weighted by atomic mass is 10.4. The molecule has 0 aromatic heterocycles. The summed E-state index contributed by atoms with van der Waals surface area (Å²) in [7, 11) is 0. The Kier molecular flexibility index (Phi) is 1.47. The van der Waals surface area contributed by atoms with Crippen LogP contribution in [0.1, 0.15) is 0 Å². The molecule has 1 aromatic rings. The lowest BCUT2D eigenvalue weighted by molar-refractivity contribution is 1.64. The largest absolute Gasteiger partial charge is 0.184 e. The molecule has 0 saturated carbocycles. The third kappa shape index (κ3) is 1.32. The van der Waals surface area contributed by atoms with Gasteiger partial charge in [-0.1, -0.05) is 20.4 Å². The highest BCUT2D eigenvalue weighted by atomic mass is 79.9. The van der Waals surface area contributed by atoms with Gasteiger partial charge in [0.15, 0.2) is 0 Å². The van der Waals surface area contributed by atoms with Gasteiger partial charge < -0.3 is 0 Å². The predicted octanol–water partition coefficient (Wildman–Crippen LogP) is 2.25. The molecule has 0 aliphatic carbocycles. The van der Waals surface area contributed by atoms with Gasteiger partial charge >= 0.3 is 0 Å². The van der Waals surface area contributed by atoms with Crippen molar-refractivity contribution in [1.29, 1.82) is 0 Å². The van der Waals surface area contributed by atoms with Crippen LogP contribution >= 0.6 is 15.9 Å². The van der Waals surface area contributed by atoms with Gasteiger partial charge in [-0.05, 0) is 0 Å². The van der Waals surface area contributed by atoms with Gasteiger partial charge in [-0.15, -0.1) is 0 Å². The van der Waals surface area contributed by atoms with E-state index in [9.17, 15) is 0 Å². The van der Waals surface area contributed by atoms with Crippen molar-refractivity contribution in [1.82, 2.24) is 0 Å². The van der Waals surface area contributed by atoms with Crippen molar-refractivity contribution < 1.29 is 0 Å². The van der Waals surface area contributed by atoms with E-state index < -0.39 is 0 Å². The Balaban J connectivity index is 3.02. The predicted molar refractivity (Wildman–Crippen MR) is 33.0 cm³/mol. The van der Waals surface area contributed by atoms with Crippen LogP contribution in [-0.4, -0.2) is 0 Å². The zero-order valence-electron chi connectivity index (χ0n) is 3.69. The molecule has 0 radical (unpaired) electrons.